The molecule has 1 fully saturated rings. The van der Waals surface area contributed by atoms with Crippen molar-refractivity contribution in [3.05, 3.63) is 71.3 Å². The molecule has 0 spiro atoms. The molecule has 1 aliphatic rings. The molecule has 1 saturated heterocycles. The third-order valence-corrected chi connectivity index (χ3v) is 5.49. The molecule has 2 aromatic rings. The number of nitrogens with zero attached hydrogens (tertiary/aromatic N) is 2. The van der Waals surface area contributed by atoms with Crippen molar-refractivity contribution in [3.63, 3.8) is 0 Å². The lowest BCUT2D eigenvalue weighted by atomic mass is 9.97. The van der Waals surface area contributed by atoms with Gasteiger partial charge in [-0.05, 0) is 24.1 Å². The van der Waals surface area contributed by atoms with Crippen LogP contribution in [0.25, 0.3) is 0 Å². The average molecular weight is 436 g/mol. The number of hydrogen-bond acceptors (Lipinski definition) is 4. The van der Waals surface area contributed by atoms with Gasteiger partial charge < -0.3 is 14.4 Å². The maximum atomic E-state index is 13.6. The van der Waals surface area contributed by atoms with E-state index in [0.29, 0.717) is 19.6 Å². The van der Waals surface area contributed by atoms with Gasteiger partial charge in [-0.3, -0.25) is 4.90 Å². The number of hydrogen-bond donors (Lipinski definition) is 0. The predicted molar refractivity (Wildman–Crippen MR) is 110 cm³/mol. The van der Waals surface area contributed by atoms with Gasteiger partial charge in [-0.15, -0.1) is 0 Å². The highest BCUT2D eigenvalue weighted by atomic mass is 19.4. The fourth-order valence-electron chi connectivity index (χ4n) is 3.98. The molecule has 1 heterocycles. The number of halogens is 3. The minimum absolute atomic E-state index is 0.121. The highest BCUT2D eigenvalue weighted by Gasteiger charge is 2.39. The number of carbonyl (C=O) groups excluding carboxylic acids is 1. The topological polar surface area (TPSA) is 42.0 Å². The average Bonchev–Trinajstić information content (AvgIpc) is 2.76. The minimum atomic E-state index is -4.45. The molecule has 0 aromatic heterocycles. The maximum absolute atomic E-state index is 13.6. The normalized spacial score (nSPS) is 18.6. The van der Waals surface area contributed by atoms with Crippen molar-refractivity contribution < 1.29 is 27.4 Å². The first-order valence-electron chi connectivity index (χ1n) is 10.2. The van der Waals surface area contributed by atoms with Gasteiger partial charge in [0, 0.05) is 32.8 Å². The maximum Gasteiger partial charge on any atom is 0.416 e. The summed E-state index contributed by atoms with van der Waals surface area (Å²) in [7, 11) is 1.48. The van der Waals surface area contributed by atoms with Crippen LogP contribution in [-0.2, 0) is 22.3 Å². The number of piperazine rings is 1. The zero-order valence-corrected chi connectivity index (χ0v) is 17.6. The van der Waals surface area contributed by atoms with Crippen molar-refractivity contribution in [2.24, 2.45) is 0 Å². The van der Waals surface area contributed by atoms with Crippen molar-refractivity contribution in [1.82, 2.24) is 9.80 Å². The predicted octanol–water partition coefficient (Wildman–Crippen LogP) is 4.74. The molecule has 1 aliphatic heterocycles. The molecule has 8 heteroatoms. The SMILES string of the molecule is COC[C@H](c1ccccc1C(F)(F)F)N1CCN(C(=O)OCc2ccccc2)C[C@H]1C. The Morgan fingerprint density at radius 2 is 1.77 bits per heavy atom. The molecule has 0 saturated carbocycles. The standard InChI is InChI=1S/C23H27F3N2O3/c1-17-14-27(22(29)31-15-18-8-4-3-5-9-18)12-13-28(17)21(16-30-2)19-10-6-7-11-20(19)23(24,25)26/h3-11,17,21H,12-16H2,1-2H3/t17-,21-/m1/s1. The molecule has 168 valence electrons. The van der Waals surface area contributed by atoms with Gasteiger partial charge in [-0.2, -0.15) is 13.2 Å². The van der Waals surface area contributed by atoms with E-state index in [1.807, 2.05) is 42.2 Å². The molecule has 5 nitrogen and oxygen atoms in total. The quantitative estimate of drug-likeness (QED) is 0.656. The van der Waals surface area contributed by atoms with Crippen LogP contribution in [0.5, 0.6) is 0 Å². The van der Waals surface area contributed by atoms with E-state index in [9.17, 15) is 18.0 Å². The monoisotopic (exact) mass is 436 g/mol. The summed E-state index contributed by atoms with van der Waals surface area (Å²) >= 11 is 0. The lowest BCUT2D eigenvalue weighted by Crippen LogP contribution is -2.55. The second kappa shape index (κ2) is 10.2. The molecular weight excluding hydrogens is 409 g/mol. The van der Waals surface area contributed by atoms with Crippen LogP contribution in [0.2, 0.25) is 0 Å². The van der Waals surface area contributed by atoms with Crippen LogP contribution in [0.15, 0.2) is 54.6 Å². The summed E-state index contributed by atoms with van der Waals surface area (Å²) in [5, 5.41) is 0. The van der Waals surface area contributed by atoms with Crippen molar-refractivity contribution >= 4 is 6.09 Å². The lowest BCUT2D eigenvalue weighted by molar-refractivity contribution is -0.139. The molecule has 0 unspecified atom stereocenters. The second-order valence-electron chi connectivity index (χ2n) is 7.63. The molecule has 3 rings (SSSR count). The van der Waals surface area contributed by atoms with Crippen molar-refractivity contribution in [3.8, 4) is 0 Å². The van der Waals surface area contributed by atoms with E-state index in [0.717, 1.165) is 11.6 Å². The van der Waals surface area contributed by atoms with E-state index < -0.39 is 23.9 Å². The lowest BCUT2D eigenvalue weighted by Gasteiger charge is -2.43. The summed E-state index contributed by atoms with van der Waals surface area (Å²) in [5.41, 5.74) is 0.421. The Hall–Kier alpha value is -2.58. The number of alkyl halides is 3. The van der Waals surface area contributed by atoms with Gasteiger partial charge in [0.1, 0.15) is 6.61 Å². The van der Waals surface area contributed by atoms with E-state index in [4.69, 9.17) is 9.47 Å². The molecule has 0 bridgehead atoms. The summed E-state index contributed by atoms with van der Waals surface area (Å²) in [6, 6.07) is 14.2. The van der Waals surface area contributed by atoms with Gasteiger partial charge in [0.2, 0.25) is 0 Å². The van der Waals surface area contributed by atoms with Crippen LogP contribution in [0.4, 0.5) is 18.0 Å². The van der Waals surface area contributed by atoms with Crippen molar-refractivity contribution in [2.45, 2.75) is 31.8 Å². The first-order valence-corrected chi connectivity index (χ1v) is 10.2. The molecule has 0 radical (unpaired) electrons. The minimum Gasteiger partial charge on any atom is -0.445 e. The van der Waals surface area contributed by atoms with Crippen LogP contribution in [0, 0.1) is 0 Å². The molecule has 1 amide bonds. The fourth-order valence-corrected chi connectivity index (χ4v) is 3.98. The fraction of sp³-hybridized carbons (Fsp3) is 0.435. The van der Waals surface area contributed by atoms with Gasteiger partial charge >= 0.3 is 12.3 Å². The molecular formula is C23H27F3N2O3. The molecule has 2 aromatic carbocycles. The van der Waals surface area contributed by atoms with Crippen LogP contribution in [0.3, 0.4) is 0 Å². The summed E-state index contributed by atoms with van der Waals surface area (Å²) < 4.78 is 51.4. The van der Waals surface area contributed by atoms with E-state index in [1.54, 1.807) is 11.0 Å². The number of rotatable bonds is 6. The van der Waals surface area contributed by atoms with Crippen molar-refractivity contribution in [2.75, 3.05) is 33.4 Å². The first kappa shape index (κ1) is 23.1. The Morgan fingerprint density at radius 1 is 1.10 bits per heavy atom. The van der Waals surface area contributed by atoms with E-state index in [-0.39, 0.29) is 24.8 Å². The highest BCUT2D eigenvalue weighted by Crippen LogP contribution is 2.37. The molecule has 31 heavy (non-hydrogen) atoms. The van der Waals surface area contributed by atoms with Gasteiger partial charge in [0.25, 0.3) is 0 Å². The molecule has 0 aliphatic carbocycles. The third kappa shape index (κ3) is 5.77. The molecule has 0 N–H and O–H groups in total. The summed E-state index contributed by atoms with van der Waals surface area (Å²) in [6.07, 6.45) is -4.87. The largest absolute Gasteiger partial charge is 0.445 e. The van der Waals surface area contributed by atoms with E-state index in [2.05, 4.69) is 0 Å². The van der Waals surface area contributed by atoms with Gasteiger partial charge in [0.05, 0.1) is 18.2 Å². The van der Waals surface area contributed by atoms with E-state index in [1.165, 1.54) is 19.2 Å². The van der Waals surface area contributed by atoms with Gasteiger partial charge in [-0.1, -0.05) is 48.5 Å². The highest BCUT2D eigenvalue weighted by molar-refractivity contribution is 5.67. The van der Waals surface area contributed by atoms with Gasteiger partial charge in [-0.25, -0.2) is 4.79 Å². The number of carbonyl (C=O) groups is 1. The first-order chi connectivity index (χ1) is 14.8. The Balaban J connectivity index is 1.69. The van der Waals surface area contributed by atoms with Crippen LogP contribution < -0.4 is 0 Å². The Morgan fingerprint density at radius 3 is 2.42 bits per heavy atom. The van der Waals surface area contributed by atoms with Crippen molar-refractivity contribution in [1.29, 1.82) is 0 Å². The zero-order chi connectivity index (χ0) is 22.4. The summed E-state index contributed by atoms with van der Waals surface area (Å²) in [5.74, 6) is 0. The number of methoxy groups -OCH3 is 1. The Labute approximate surface area is 180 Å². The summed E-state index contributed by atoms with van der Waals surface area (Å²) in [4.78, 5) is 16.1. The third-order valence-electron chi connectivity index (χ3n) is 5.49. The van der Waals surface area contributed by atoms with Crippen LogP contribution in [0.1, 0.15) is 29.7 Å². The number of benzene rings is 2. The Kier molecular flexibility index (Phi) is 7.56. The van der Waals surface area contributed by atoms with Crippen LogP contribution in [-0.4, -0.2) is 55.3 Å². The number of ether oxygens (including phenoxy) is 2. The Bertz CT molecular complexity index is 861. The van der Waals surface area contributed by atoms with Gasteiger partial charge in [0.15, 0.2) is 0 Å². The molecule has 2 atom stereocenters. The second-order valence-corrected chi connectivity index (χ2v) is 7.63. The van der Waals surface area contributed by atoms with E-state index >= 15 is 0 Å². The number of amides is 1. The zero-order valence-electron chi connectivity index (χ0n) is 17.6. The smallest absolute Gasteiger partial charge is 0.416 e. The van der Waals surface area contributed by atoms with Crippen LogP contribution >= 0.6 is 0 Å². The summed E-state index contributed by atoms with van der Waals surface area (Å²) in [6.45, 7) is 3.35.